The summed E-state index contributed by atoms with van der Waals surface area (Å²) in [5.41, 5.74) is 2.22. The quantitative estimate of drug-likeness (QED) is 0.671. The van der Waals surface area contributed by atoms with Crippen molar-refractivity contribution in [2.45, 2.75) is 0 Å². The lowest BCUT2D eigenvalue weighted by atomic mass is 10.1. The van der Waals surface area contributed by atoms with Gasteiger partial charge >= 0.3 is 0 Å². The second kappa shape index (κ2) is 7.89. The Bertz CT molecular complexity index is 986. The van der Waals surface area contributed by atoms with Crippen LogP contribution in [0.5, 0.6) is 11.5 Å². The van der Waals surface area contributed by atoms with E-state index in [1.54, 1.807) is 56.8 Å². The maximum absolute atomic E-state index is 12.3. The highest BCUT2D eigenvalue weighted by atomic mass is 35.5. The van der Waals surface area contributed by atoms with Gasteiger partial charge in [-0.15, -0.1) is 0 Å². The predicted molar refractivity (Wildman–Crippen MR) is 104 cm³/mol. The van der Waals surface area contributed by atoms with Gasteiger partial charge in [-0.3, -0.25) is 9.78 Å². The molecule has 3 rings (SSSR count). The first-order valence-electron chi connectivity index (χ1n) is 7.86. The number of ether oxygens (including phenoxy) is 2. The van der Waals surface area contributed by atoms with Gasteiger partial charge in [0.1, 0.15) is 0 Å². The third-order valence-electron chi connectivity index (χ3n) is 3.80. The second-order valence-electron chi connectivity index (χ2n) is 5.46. The van der Waals surface area contributed by atoms with E-state index in [1.807, 2.05) is 12.1 Å². The average molecular weight is 369 g/mol. The highest BCUT2D eigenvalue weighted by Crippen LogP contribution is 2.28. The molecule has 1 amide bonds. The summed E-state index contributed by atoms with van der Waals surface area (Å²) in [6.07, 6.45) is 4.80. The highest BCUT2D eigenvalue weighted by Gasteiger charge is 2.06. The highest BCUT2D eigenvalue weighted by molar-refractivity contribution is 6.31. The van der Waals surface area contributed by atoms with Crippen molar-refractivity contribution in [2.24, 2.45) is 0 Å². The minimum atomic E-state index is -0.248. The van der Waals surface area contributed by atoms with E-state index < -0.39 is 0 Å². The molecule has 0 atom stereocenters. The molecule has 1 N–H and O–H groups in total. The van der Waals surface area contributed by atoms with Crippen LogP contribution < -0.4 is 14.8 Å². The first kappa shape index (κ1) is 17.8. The number of nitrogens with zero attached hydrogens (tertiary/aromatic N) is 1. The summed E-state index contributed by atoms with van der Waals surface area (Å²) >= 11 is 5.98. The molecule has 0 aliphatic heterocycles. The van der Waals surface area contributed by atoms with E-state index in [-0.39, 0.29) is 5.91 Å². The maximum atomic E-state index is 12.3. The Morgan fingerprint density at radius 3 is 2.65 bits per heavy atom. The molecule has 0 bridgehead atoms. The number of rotatable bonds is 5. The molecule has 5 nitrogen and oxygen atoms in total. The molecule has 26 heavy (non-hydrogen) atoms. The molecule has 0 saturated carbocycles. The van der Waals surface area contributed by atoms with E-state index in [0.29, 0.717) is 22.2 Å². The number of carbonyl (C=O) groups is 1. The fourth-order valence-electron chi connectivity index (χ4n) is 2.53. The zero-order chi connectivity index (χ0) is 18.5. The first-order valence-corrected chi connectivity index (χ1v) is 8.24. The lowest BCUT2D eigenvalue weighted by molar-refractivity contribution is -0.111. The number of halogens is 1. The van der Waals surface area contributed by atoms with Crippen LogP contribution in [-0.2, 0) is 4.79 Å². The Kier molecular flexibility index (Phi) is 5.39. The zero-order valence-electron chi connectivity index (χ0n) is 14.3. The Hall–Kier alpha value is -3.05. The SMILES string of the molecule is COc1ccc(/C=C/C(=O)Nc2ccnc3cc(Cl)ccc23)cc1OC. The van der Waals surface area contributed by atoms with Gasteiger partial charge in [0.05, 0.1) is 25.4 Å². The Balaban J connectivity index is 1.78. The van der Waals surface area contributed by atoms with Crippen LogP contribution in [0.2, 0.25) is 5.02 Å². The molecule has 0 aliphatic rings. The Morgan fingerprint density at radius 1 is 1.08 bits per heavy atom. The van der Waals surface area contributed by atoms with E-state index in [0.717, 1.165) is 16.5 Å². The van der Waals surface area contributed by atoms with E-state index in [1.165, 1.54) is 6.08 Å². The van der Waals surface area contributed by atoms with Crippen LogP contribution in [0.1, 0.15) is 5.56 Å². The lowest BCUT2D eigenvalue weighted by Crippen LogP contribution is -2.08. The normalized spacial score (nSPS) is 10.9. The van der Waals surface area contributed by atoms with Crippen molar-refractivity contribution in [3.8, 4) is 11.5 Å². The molecule has 0 spiro atoms. The molecule has 0 saturated heterocycles. The monoisotopic (exact) mass is 368 g/mol. The van der Waals surface area contributed by atoms with E-state index in [9.17, 15) is 4.79 Å². The molecule has 0 unspecified atom stereocenters. The number of aromatic nitrogens is 1. The zero-order valence-corrected chi connectivity index (χ0v) is 15.1. The number of fused-ring (bicyclic) bond motifs is 1. The summed E-state index contributed by atoms with van der Waals surface area (Å²) in [7, 11) is 3.14. The molecule has 6 heteroatoms. The number of hydrogen-bond donors (Lipinski definition) is 1. The summed E-state index contributed by atoms with van der Waals surface area (Å²) in [4.78, 5) is 16.5. The third-order valence-corrected chi connectivity index (χ3v) is 4.03. The first-order chi connectivity index (χ1) is 12.6. The average Bonchev–Trinajstić information content (AvgIpc) is 2.66. The Morgan fingerprint density at radius 2 is 1.88 bits per heavy atom. The number of benzene rings is 2. The molecular weight excluding hydrogens is 352 g/mol. The predicted octanol–water partition coefficient (Wildman–Crippen LogP) is 4.56. The van der Waals surface area contributed by atoms with Gasteiger partial charge in [0.2, 0.25) is 5.91 Å². The third kappa shape index (κ3) is 3.95. The summed E-state index contributed by atoms with van der Waals surface area (Å²) in [5, 5.41) is 4.28. The van der Waals surface area contributed by atoms with E-state index >= 15 is 0 Å². The smallest absolute Gasteiger partial charge is 0.248 e. The van der Waals surface area contributed by atoms with Crippen molar-refractivity contribution in [1.29, 1.82) is 0 Å². The molecule has 2 aromatic carbocycles. The molecule has 1 heterocycles. The maximum Gasteiger partial charge on any atom is 0.248 e. The minimum absolute atomic E-state index is 0.248. The largest absolute Gasteiger partial charge is 0.493 e. The van der Waals surface area contributed by atoms with Crippen molar-refractivity contribution in [2.75, 3.05) is 19.5 Å². The van der Waals surface area contributed by atoms with Crippen LogP contribution in [0.15, 0.2) is 54.7 Å². The summed E-state index contributed by atoms with van der Waals surface area (Å²) < 4.78 is 10.5. The topological polar surface area (TPSA) is 60.5 Å². The van der Waals surface area contributed by atoms with Crippen molar-refractivity contribution < 1.29 is 14.3 Å². The van der Waals surface area contributed by atoms with Gasteiger partial charge in [-0.25, -0.2) is 0 Å². The number of pyridine rings is 1. The molecular formula is C20H17ClN2O3. The van der Waals surface area contributed by atoms with E-state index in [2.05, 4.69) is 10.3 Å². The lowest BCUT2D eigenvalue weighted by Gasteiger charge is -2.08. The van der Waals surface area contributed by atoms with Crippen molar-refractivity contribution in [1.82, 2.24) is 4.98 Å². The van der Waals surface area contributed by atoms with Gasteiger partial charge in [0.25, 0.3) is 0 Å². The van der Waals surface area contributed by atoms with Gasteiger partial charge in [0.15, 0.2) is 11.5 Å². The van der Waals surface area contributed by atoms with Gasteiger partial charge in [0, 0.05) is 22.7 Å². The molecule has 0 radical (unpaired) electrons. The molecule has 0 fully saturated rings. The second-order valence-corrected chi connectivity index (χ2v) is 5.89. The van der Waals surface area contributed by atoms with Crippen LogP contribution >= 0.6 is 11.6 Å². The number of methoxy groups -OCH3 is 2. The standard InChI is InChI=1S/C20H17ClN2O3/c1-25-18-7-3-13(11-19(18)26-2)4-8-20(24)23-16-9-10-22-17-12-14(21)5-6-15(16)17/h3-12H,1-2H3,(H,22,23,24)/b8-4+. The van der Waals surface area contributed by atoms with Crippen molar-refractivity contribution in [3.63, 3.8) is 0 Å². The number of carbonyl (C=O) groups excluding carboxylic acids is 1. The van der Waals surface area contributed by atoms with Gasteiger partial charge in [-0.1, -0.05) is 17.7 Å². The summed E-state index contributed by atoms with van der Waals surface area (Å²) in [6, 6.07) is 12.5. The Labute approximate surface area is 156 Å². The fraction of sp³-hybridized carbons (Fsp3) is 0.100. The molecule has 0 aliphatic carbocycles. The molecule has 1 aromatic heterocycles. The van der Waals surface area contributed by atoms with Gasteiger partial charge < -0.3 is 14.8 Å². The number of hydrogen-bond acceptors (Lipinski definition) is 4. The number of nitrogens with one attached hydrogen (secondary N) is 1. The van der Waals surface area contributed by atoms with Gasteiger partial charge in [-0.05, 0) is 48.0 Å². The molecule has 3 aromatic rings. The van der Waals surface area contributed by atoms with Crippen molar-refractivity contribution >= 4 is 40.2 Å². The molecule has 132 valence electrons. The minimum Gasteiger partial charge on any atom is -0.493 e. The fourth-order valence-corrected chi connectivity index (χ4v) is 2.70. The van der Waals surface area contributed by atoms with Crippen LogP contribution in [0.3, 0.4) is 0 Å². The number of amides is 1. The van der Waals surface area contributed by atoms with Crippen LogP contribution in [0.4, 0.5) is 5.69 Å². The van der Waals surface area contributed by atoms with E-state index in [4.69, 9.17) is 21.1 Å². The van der Waals surface area contributed by atoms with Crippen LogP contribution in [0.25, 0.3) is 17.0 Å². The number of anilines is 1. The van der Waals surface area contributed by atoms with Gasteiger partial charge in [-0.2, -0.15) is 0 Å². The summed E-state index contributed by atoms with van der Waals surface area (Å²) in [5.74, 6) is 0.991. The van der Waals surface area contributed by atoms with Crippen LogP contribution in [0, 0.1) is 0 Å². The summed E-state index contributed by atoms with van der Waals surface area (Å²) in [6.45, 7) is 0. The van der Waals surface area contributed by atoms with Crippen molar-refractivity contribution in [3.05, 3.63) is 65.3 Å². The van der Waals surface area contributed by atoms with Crippen LogP contribution in [-0.4, -0.2) is 25.1 Å².